The summed E-state index contributed by atoms with van der Waals surface area (Å²) in [5, 5.41) is 53.5. The minimum Gasteiger partial charge on any atom is -0.460 e. The molecular formula is C28H46N2O9. The first kappa shape index (κ1) is 32.9. The van der Waals surface area contributed by atoms with Crippen LogP contribution in [-0.2, 0) is 9.53 Å². The predicted octanol–water partition coefficient (Wildman–Crippen LogP) is 4.19. The number of aliphatic hydroxyl groups is 4. The molecule has 222 valence electrons. The number of benzene rings is 1. The number of nitro benzene ring substituents is 1. The van der Waals surface area contributed by atoms with Crippen molar-refractivity contribution >= 4 is 17.3 Å². The summed E-state index contributed by atoms with van der Waals surface area (Å²) in [5.41, 5.74) is -0.256. The topological polar surface area (TPSA) is 172 Å². The largest absolute Gasteiger partial charge is 0.460 e. The third-order valence-corrected chi connectivity index (χ3v) is 7.05. The van der Waals surface area contributed by atoms with Crippen molar-refractivity contribution in [1.82, 2.24) is 0 Å². The van der Waals surface area contributed by atoms with Gasteiger partial charge in [-0.05, 0) is 12.5 Å². The van der Waals surface area contributed by atoms with Gasteiger partial charge in [-0.15, -0.1) is 0 Å². The molecule has 0 spiro atoms. The maximum atomic E-state index is 12.6. The van der Waals surface area contributed by atoms with Gasteiger partial charge in [-0.25, -0.2) is 0 Å². The molecule has 0 aliphatic carbocycles. The van der Waals surface area contributed by atoms with E-state index < -0.39 is 42.2 Å². The van der Waals surface area contributed by atoms with E-state index in [-0.39, 0.29) is 29.5 Å². The Morgan fingerprint density at radius 2 is 1.49 bits per heavy atom. The highest BCUT2D eigenvalue weighted by Crippen LogP contribution is 2.33. The summed E-state index contributed by atoms with van der Waals surface area (Å²) in [5.74, 6) is -0.360. The molecule has 1 aromatic carbocycles. The quantitative estimate of drug-likeness (QED) is 0.0955. The monoisotopic (exact) mass is 554 g/mol. The fraction of sp³-hybridized carbons (Fsp3) is 0.750. The number of hydrogen-bond acceptors (Lipinski definition) is 9. The van der Waals surface area contributed by atoms with E-state index in [9.17, 15) is 35.3 Å². The number of anilines is 1. The molecule has 11 nitrogen and oxygen atoms in total. The van der Waals surface area contributed by atoms with Crippen molar-refractivity contribution in [3.8, 4) is 5.75 Å². The van der Waals surface area contributed by atoms with Crippen LogP contribution in [0.3, 0.4) is 0 Å². The number of hydrogen-bond donors (Lipinski definition) is 5. The van der Waals surface area contributed by atoms with Gasteiger partial charge in [-0.1, -0.05) is 84.0 Å². The minimum atomic E-state index is -1.66. The molecule has 39 heavy (non-hydrogen) atoms. The average Bonchev–Trinajstić information content (AvgIpc) is 2.92. The first-order valence-corrected chi connectivity index (χ1v) is 14.3. The van der Waals surface area contributed by atoms with E-state index in [1.807, 2.05) is 0 Å². The average molecular weight is 555 g/mol. The number of rotatable bonds is 19. The molecule has 5 atom stereocenters. The SMILES string of the molecule is CCCCCCCCCCCCCCCC(=O)Nc1cc([N+](=O)[O-])ccc1OC1O[C@H](CO)[C@@H](O)[C@H](O)[C@H]1O. The van der Waals surface area contributed by atoms with Crippen molar-refractivity contribution < 1.29 is 39.6 Å². The van der Waals surface area contributed by atoms with E-state index in [0.717, 1.165) is 25.3 Å². The van der Waals surface area contributed by atoms with Gasteiger partial charge in [0.05, 0.1) is 17.2 Å². The Hall–Kier alpha value is -2.31. The highest BCUT2D eigenvalue weighted by molar-refractivity contribution is 5.92. The highest BCUT2D eigenvalue weighted by Gasteiger charge is 2.45. The summed E-state index contributed by atoms with van der Waals surface area (Å²) in [6.07, 6.45) is 8.15. The van der Waals surface area contributed by atoms with E-state index in [1.165, 1.54) is 69.9 Å². The lowest BCUT2D eigenvalue weighted by Crippen LogP contribution is -2.60. The molecule has 0 bridgehead atoms. The molecule has 0 radical (unpaired) electrons. The molecule has 1 aliphatic heterocycles. The zero-order chi connectivity index (χ0) is 28.6. The summed E-state index contributed by atoms with van der Waals surface area (Å²) in [6.45, 7) is 1.60. The fourth-order valence-electron chi connectivity index (χ4n) is 4.64. The number of unbranched alkanes of at least 4 members (excludes halogenated alkanes) is 12. The van der Waals surface area contributed by atoms with Gasteiger partial charge in [0, 0.05) is 18.6 Å². The smallest absolute Gasteiger partial charge is 0.271 e. The lowest BCUT2D eigenvalue weighted by Gasteiger charge is -2.39. The molecule has 2 rings (SSSR count). The van der Waals surface area contributed by atoms with Crippen molar-refractivity contribution in [2.75, 3.05) is 11.9 Å². The number of non-ortho nitro benzene ring substituents is 1. The summed E-state index contributed by atoms with van der Waals surface area (Å²) in [7, 11) is 0. The van der Waals surface area contributed by atoms with Crippen LogP contribution in [0.4, 0.5) is 11.4 Å². The van der Waals surface area contributed by atoms with Gasteiger partial charge in [0.25, 0.3) is 5.69 Å². The number of carbonyl (C=O) groups is 1. The van der Waals surface area contributed by atoms with Crippen molar-refractivity contribution in [3.05, 3.63) is 28.3 Å². The lowest BCUT2D eigenvalue weighted by atomic mass is 9.99. The number of nitro groups is 1. The first-order valence-electron chi connectivity index (χ1n) is 14.3. The Balaban J connectivity index is 1.78. The Morgan fingerprint density at radius 1 is 0.923 bits per heavy atom. The molecule has 1 heterocycles. The molecule has 1 unspecified atom stereocenters. The molecule has 5 N–H and O–H groups in total. The van der Waals surface area contributed by atoms with Crippen molar-refractivity contribution in [2.45, 2.75) is 128 Å². The second kappa shape index (κ2) is 18.1. The van der Waals surface area contributed by atoms with Gasteiger partial charge in [0.2, 0.25) is 12.2 Å². The molecule has 11 heteroatoms. The van der Waals surface area contributed by atoms with Crippen LogP contribution in [-0.4, -0.2) is 68.6 Å². The van der Waals surface area contributed by atoms with Crippen LogP contribution in [0.25, 0.3) is 0 Å². The van der Waals surface area contributed by atoms with Crippen LogP contribution in [0.2, 0.25) is 0 Å². The van der Waals surface area contributed by atoms with Crippen LogP contribution in [0.5, 0.6) is 5.75 Å². The van der Waals surface area contributed by atoms with Crippen molar-refractivity contribution in [3.63, 3.8) is 0 Å². The molecule has 1 saturated heterocycles. The molecule has 1 aromatic rings. The molecule has 1 aliphatic rings. The normalized spacial score (nSPS) is 22.9. The fourth-order valence-corrected chi connectivity index (χ4v) is 4.64. The molecular weight excluding hydrogens is 508 g/mol. The van der Waals surface area contributed by atoms with Gasteiger partial charge < -0.3 is 35.2 Å². The Bertz CT molecular complexity index is 867. The second-order valence-electron chi connectivity index (χ2n) is 10.3. The summed E-state index contributed by atoms with van der Waals surface area (Å²) < 4.78 is 11.0. The van der Waals surface area contributed by atoms with Gasteiger partial charge in [-0.3, -0.25) is 14.9 Å². The second-order valence-corrected chi connectivity index (χ2v) is 10.3. The summed E-state index contributed by atoms with van der Waals surface area (Å²) in [6, 6.07) is 3.56. The Kier molecular flexibility index (Phi) is 15.3. The van der Waals surface area contributed by atoms with Gasteiger partial charge in [0.15, 0.2) is 0 Å². The van der Waals surface area contributed by atoms with Crippen LogP contribution >= 0.6 is 0 Å². The first-order chi connectivity index (χ1) is 18.8. The number of carbonyl (C=O) groups excluding carboxylic acids is 1. The van der Waals surface area contributed by atoms with Gasteiger partial charge >= 0.3 is 0 Å². The minimum absolute atomic E-state index is 0.0147. The number of ether oxygens (including phenoxy) is 2. The molecule has 0 aromatic heterocycles. The molecule has 1 fully saturated rings. The number of aliphatic hydroxyl groups excluding tert-OH is 4. The molecule has 0 saturated carbocycles. The van der Waals surface area contributed by atoms with Crippen LogP contribution in [0.15, 0.2) is 18.2 Å². The van der Waals surface area contributed by atoms with E-state index in [4.69, 9.17) is 9.47 Å². The van der Waals surface area contributed by atoms with E-state index in [0.29, 0.717) is 6.42 Å². The Morgan fingerprint density at radius 3 is 2.03 bits per heavy atom. The van der Waals surface area contributed by atoms with Crippen LogP contribution < -0.4 is 10.1 Å². The highest BCUT2D eigenvalue weighted by atomic mass is 16.7. The number of nitrogens with one attached hydrogen (secondary N) is 1. The number of amides is 1. The van der Waals surface area contributed by atoms with Crippen molar-refractivity contribution in [2.24, 2.45) is 0 Å². The molecule has 1 amide bonds. The summed E-state index contributed by atoms with van der Waals surface area (Å²) >= 11 is 0. The lowest BCUT2D eigenvalue weighted by molar-refractivity contribution is -0.384. The van der Waals surface area contributed by atoms with Crippen LogP contribution in [0.1, 0.15) is 96.8 Å². The third kappa shape index (κ3) is 11.4. The van der Waals surface area contributed by atoms with Crippen molar-refractivity contribution in [1.29, 1.82) is 0 Å². The van der Waals surface area contributed by atoms with Crippen LogP contribution in [0, 0.1) is 10.1 Å². The Labute approximate surface area is 230 Å². The maximum Gasteiger partial charge on any atom is 0.271 e. The number of nitrogens with zero attached hydrogens (tertiary/aromatic N) is 1. The summed E-state index contributed by atoms with van der Waals surface area (Å²) in [4.78, 5) is 23.2. The standard InChI is InChI=1S/C28H46N2O9/c1-2-3-4-5-6-7-8-9-10-11-12-13-14-15-24(32)29-21-18-20(30(36)37)16-17-22(21)38-28-27(35)26(34)25(33)23(19-31)39-28/h16-18,23,25-28,31,33-35H,2-15,19H2,1H3,(H,29,32)/t23-,25-,26+,27-,28?/m1/s1. The maximum absolute atomic E-state index is 12.6. The zero-order valence-electron chi connectivity index (χ0n) is 23.0. The van der Waals surface area contributed by atoms with E-state index in [2.05, 4.69) is 12.2 Å². The van der Waals surface area contributed by atoms with Gasteiger partial charge in [0.1, 0.15) is 30.2 Å². The third-order valence-electron chi connectivity index (χ3n) is 7.05. The zero-order valence-corrected chi connectivity index (χ0v) is 23.0. The van der Waals surface area contributed by atoms with E-state index >= 15 is 0 Å². The predicted molar refractivity (Wildman–Crippen MR) is 146 cm³/mol. The van der Waals surface area contributed by atoms with Gasteiger partial charge in [-0.2, -0.15) is 0 Å². The van der Waals surface area contributed by atoms with E-state index in [1.54, 1.807) is 0 Å².